The van der Waals surface area contributed by atoms with Gasteiger partial charge in [0.25, 0.3) is 0 Å². The average Bonchev–Trinajstić information content (AvgIpc) is 3.55. The number of benzene rings is 6. The van der Waals surface area contributed by atoms with Crippen molar-refractivity contribution in [2.75, 3.05) is 16.5 Å². The monoisotopic (exact) mass is 610 g/mol. The summed E-state index contributed by atoms with van der Waals surface area (Å²) in [4.78, 5) is 4.90. The van der Waals surface area contributed by atoms with E-state index in [9.17, 15) is 0 Å². The number of hydrogen-bond acceptors (Lipinski definition) is 2. The Labute approximate surface area is 280 Å². The van der Waals surface area contributed by atoms with E-state index in [1.54, 1.807) is 0 Å². The topological polar surface area (TPSA) is 6.48 Å². The van der Waals surface area contributed by atoms with Gasteiger partial charge in [0, 0.05) is 35.6 Å². The lowest BCUT2D eigenvalue weighted by atomic mass is 9.82. The van der Waals surface area contributed by atoms with Crippen LogP contribution in [0.25, 0.3) is 0 Å². The Hall–Kier alpha value is -5.34. The molecule has 2 heteroatoms. The number of anilines is 2. The summed E-state index contributed by atoms with van der Waals surface area (Å²) in [5.41, 5.74) is 15.6. The SMILES string of the molecule is Cc1cc(C)c(N2C=CN(c3c(C)cc(C)cc3C(c3ccccc3)c3ccccc3)C2)c(C(c2ccccc2)c2ccccc2)c1. The van der Waals surface area contributed by atoms with Crippen LogP contribution in [-0.2, 0) is 0 Å². The number of nitrogens with zero attached hydrogens (tertiary/aromatic N) is 2. The molecule has 0 spiro atoms. The fourth-order valence-electron chi connectivity index (χ4n) is 7.61. The standard InChI is InChI=1S/C45H42N2/c1-32-27-34(3)44(40(29-32)42(36-17-9-5-10-18-36)37-19-11-6-12-20-37)46-25-26-47(31-46)45-35(4)28-33(2)30-41(45)43(38-21-13-7-14-22-38)39-23-15-8-16-24-39/h5-30,42-43H,31H2,1-4H3. The zero-order valence-electron chi connectivity index (χ0n) is 27.8. The molecule has 0 saturated heterocycles. The van der Waals surface area contributed by atoms with Crippen molar-refractivity contribution >= 4 is 11.4 Å². The van der Waals surface area contributed by atoms with E-state index in [-0.39, 0.29) is 11.8 Å². The maximum absolute atomic E-state index is 2.45. The molecule has 0 saturated carbocycles. The molecule has 0 atom stereocenters. The van der Waals surface area contributed by atoms with E-state index in [4.69, 9.17) is 0 Å². The van der Waals surface area contributed by atoms with Crippen LogP contribution < -0.4 is 9.80 Å². The molecule has 0 radical (unpaired) electrons. The van der Waals surface area contributed by atoms with Gasteiger partial charge in [0.05, 0.1) is 6.67 Å². The maximum atomic E-state index is 2.45. The third-order valence-corrected chi connectivity index (χ3v) is 9.41. The molecule has 0 N–H and O–H groups in total. The van der Waals surface area contributed by atoms with Gasteiger partial charge in [0.2, 0.25) is 0 Å². The molecule has 0 amide bonds. The van der Waals surface area contributed by atoms with Gasteiger partial charge in [-0.25, -0.2) is 0 Å². The lowest BCUT2D eigenvalue weighted by Gasteiger charge is -2.32. The summed E-state index contributed by atoms with van der Waals surface area (Å²) in [5, 5.41) is 0. The van der Waals surface area contributed by atoms with Crippen LogP contribution in [0, 0.1) is 27.7 Å². The Kier molecular flexibility index (Phi) is 8.50. The highest BCUT2D eigenvalue weighted by molar-refractivity contribution is 5.73. The second-order valence-corrected chi connectivity index (χ2v) is 12.9. The van der Waals surface area contributed by atoms with Crippen molar-refractivity contribution in [3.8, 4) is 0 Å². The van der Waals surface area contributed by atoms with Crippen molar-refractivity contribution in [3.63, 3.8) is 0 Å². The molecule has 0 fully saturated rings. The van der Waals surface area contributed by atoms with Gasteiger partial charge in [-0.1, -0.05) is 157 Å². The molecular weight excluding hydrogens is 569 g/mol. The largest absolute Gasteiger partial charge is 0.327 e. The van der Waals surface area contributed by atoms with E-state index in [0.717, 1.165) is 6.67 Å². The van der Waals surface area contributed by atoms with E-state index in [2.05, 4.69) is 195 Å². The molecule has 1 heterocycles. The Morgan fingerprint density at radius 3 is 1.00 bits per heavy atom. The van der Waals surface area contributed by atoms with Gasteiger partial charge < -0.3 is 9.80 Å². The maximum Gasteiger partial charge on any atom is 0.0989 e. The highest BCUT2D eigenvalue weighted by Crippen LogP contribution is 2.44. The summed E-state index contributed by atoms with van der Waals surface area (Å²) < 4.78 is 0. The van der Waals surface area contributed by atoms with Crippen molar-refractivity contribution in [1.82, 2.24) is 0 Å². The average molecular weight is 611 g/mol. The van der Waals surface area contributed by atoms with Crippen molar-refractivity contribution in [1.29, 1.82) is 0 Å². The van der Waals surface area contributed by atoms with Gasteiger partial charge >= 0.3 is 0 Å². The molecule has 7 rings (SSSR count). The third-order valence-electron chi connectivity index (χ3n) is 9.41. The van der Waals surface area contributed by atoms with Crippen LogP contribution in [0.2, 0.25) is 0 Å². The predicted molar refractivity (Wildman–Crippen MR) is 198 cm³/mol. The van der Waals surface area contributed by atoms with Gasteiger partial charge in [0.1, 0.15) is 0 Å². The van der Waals surface area contributed by atoms with Gasteiger partial charge in [-0.2, -0.15) is 0 Å². The summed E-state index contributed by atoms with van der Waals surface area (Å²) in [7, 11) is 0. The van der Waals surface area contributed by atoms with Crippen molar-refractivity contribution in [2.24, 2.45) is 0 Å². The zero-order valence-corrected chi connectivity index (χ0v) is 27.8. The van der Waals surface area contributed by atoms with Crippen LogP contribution >= 0.6 is 0 Å². The second-order valence-electron chi connectivity index (χ2n) is 12.9. The first-order valence-electron chi connectivity index (χ1n) is 16.6. The molecule has 6 aromatic carbocycles. The van der Waals surface area contributed by atoms with Crippen LogP contribution in [0.4, 0.5) is 11.4 Å². The number of rotatable bonds is 8. The number of hydrogen-bond donors (Lipinski definition) is 0. The molecule has 0 aromatic heterocycles. The quantitative estimate of drug-likeness (QED) is 0.158. The molecule has 47 heavy (non-hydrogen) atoms. The fourth-order valence-corrected chi connectivity index (χ4v) is 7.61. The van der Waals surface area contributed by atoms with Crippen LogP contribution in [0.5, 0.6) is 0 Å². The van der Waals surface area contributed by atoms with E-state index in [1.807, 2.05) is 0 Å². The van der Waals surface area contributed by atoms with Crippen molar-refractivity contribution in [3.05, 3.63) is 214 Å². The minimum Gasteiger partial charge on any atom is -0.327 e. The highest BCUT2D eigenvalue weighted by atomic mass is 15.3. The van der Waals surface area contributed by atoms with Crippen LogP contribution in [-0.4, -0.2) is 6.67 Å². The molecule has 2 nitrogen and oxygen atoms in total. The smallest absolute Gasteiger partial charge is 0.0989 e. The van der Waals surface area contributed by atoms with Gasteiger partial charge in [0.15, 0.2) is 0 Å². The van der Waals surface area contributed by atoms with E-state index >= 15 is 0 Å². The van der Waals surface area contributed by atoms with E-state index in [1.165, 1.54) is 67.0 Å². The highest BCUT2D eigenvalue weighted by Gasteiger charge is 2.29. The zero-order chi connectivity index (χ0) is 32.3. The molecule has 1 aliphatic rings. The Morgan fingerprint density at radius 1 is 0.404 bits per heavy atom. The van der Waals surface area contributed by atoms with Crippen LogP contribution in [0.1, 0.15) is 67.5 Å². The minimum atomic E-state index is 0.116. The van der Waals surface area contributed by atoms with Gasteiger partial charge in [-0.05, 0) is 72.2 Å². The second kappa shape index (κ2) is 13.2. The van der Waals surface area contributed by atoms with Crippen LogP contribution in [0.3, 0.4) is 0 Å². The first-order chi connectivity index (χ1) is 23.0. The number of aryl methyl sites for hydroxylation is 4. The van der Waals surface area contributed by atoms with E-state index < -0.39 is 0 Å². The Bertz CT molecular complexity index is 1770. The van der Waals surface area contributed by atoms with E-state index in [0.29, 0.717) is 0 Å². The first-order valence-corrected chi connectivity index (χ1v) is 16.6. The Morgan fingerprint density at radius 2 is 0.702 bits per heavy atom. The van der Waals surface area contributed by atoms with Crippen molar-refractivity contribution < 1.29 is 0 Å². The first kappa shape index (κ1) is 30.3. The molecular formula is C45H42N2. The summed E-state index contributed by atoms with van der Waals surface area (Å²) in [5.74, 6) is 0.233. The minimum absolute atomic E-state index is 0.116. The van der Waals surface area contributed by atoms with Gasteiger partial charge in [-0.15, -0.1) is 0 Å². The Balaban J connectivity index is 1.34. The lowest BCUT2D eigenvalue weighted by molar-refractivity contribution is 0.902. The predicted octanol–water partition coefficient (Wildman–Crippen LogP) is 11.0. The summed E-state index contributed by atoms with van der Waals surface area (Å²) in [6.07, 6.45) is 4.55. The molecule has 232 valence electrons. The fraction of sp³-hybridized carbons (Fsp3) is 0.156. The van der Waals surface area contributed by atoms with Crippen LogP contribution in [0.15, 0.2) is 158 Å². The molecule has 0 bridgehead atoms. The normalized spacial score (nSPS) is 12.8. The summed E-state index contributed by atoms with van der Waals surface area (Å²) >= 11 is 0. The van der Waals surface area contributed by atoms with Crippen molar-refractivity contribution in [2.45, 2.75) is 39.5 Å². The molecule has 0 unspecified atom stereocenters. The summed E-state index contributed by atoms with van der Waals surface area (Å²) in [6, 6.07) is 53.2. The summed E-state index contributed by atoms with van der Waals surface area (Å²) in [6.45, 7) is 9.70. The van der Waals surface area contributed by atoms with Gasteiger partial charge in [-0.3, -0.25) is 0 Å². The molecule has 6 aromatic rings. The molecule has 0 aliphatic carbocycles. The molecule has 1 aliphatic heterocycles. The lowest BCUT2D eigenvalue weighted by Crippen LogP contribution is -2.28. The third kappa shape index (κ3) is 6.12.